The molecule has 1 unspecified atom stereocenters. The summed E-state index contributed by atoms with van der Waals surface area (Å²) in [5.74, 6) is -2.56. The summed E-state index contributed by atoms with van der Waals surface area (Å²) in [5, 5.41) is 2.54. The first-order valence-corrected chi connectivity index (χ1v) is 5.98. The van der Waals surface area contributed by atoms with E-state index >= 15 is 0 Å². The molecule has 6 heteroatoms. The smallest absolute Gasteiger partial charge is 0.328 e. The second kappa shape index (κ2) is 4.95. The molecule has 0 bridgehead atoms. The molecule has 0 aliphatic carbocycles. The van der Waals surface area contributed by atoms with Crippen molar-refractivity contribution in [1.82, 2.24) is 5.32 Å². The number of benzene rings is 1. The van der Waals surface area contributed by atoms with Crippen LogP contribution < -0.4 is 10.2 Å². The third-order valence-electron chi connectivity index (χ3n) is 3.17. The van der Waals surface area contributed by atoms with Crippen LogP contribution in [0.4, 0.5) is 19.3 Å². The molecule has 1 aromatic rings. The van der Waals surface area contributed by atoms with E-state index in [2.05, 4.69) is 5.32 Å². The van der Waals surface area contributed by atoms with Crippen molar-refractivity contribution in [2.75, 3.05) is 11.4 Å². The molecule has 4 nitrogen and oxygen atoms in total. The molecule has 1 atom stereocenters. The lowest BCUT2D eigenvalue weighted by molar-refractivity contribution is -0.123. The van der Waals surface area contributed by atoms with E-state index in [4.69, 9.17) is 0 Å². The Morgan fingerprint density at radius 1 is 1.32 bits per heavy atom. The van der Waals surface area contributed by atoms with Gasteiger partial charge in [-0.1, -0.05) is 13.8 Å². The Hall–Kier alpha value is -1.98. The van der Waals surface area contributed by atoms with Crippen LogP contribution in [0, 0.1) is 23.5 Å². The largest absolute Gasteiger partial charge is 0.336 e. The summed E-state index contributed by atoms with van der Waals surface area (Å²) in [6.45, 7) is 3.92. The van der Waals surface area contributed by atoms with Crippen molar-refractivity contribution in [3.8, 4) is 0 Å². The van der Waals surface area contributed by atoms with Crippen LogP contribution >= 0.6 is 0 Å². The predicted octanol–water partition coefficient (Wildman–Crippen LogP) is 2.29. The number of nitrogens with one attached hydrogen (secondary N) is 1. The first-order chi connectivity index (χ1) is 8.91. The Balaban J connectivity index is 2.40. The number of urea groups is 1. The van der Waals surface area contributed by atoms with Gasteiger partial charge in [-0.15, -0.1) is 0 Å². The lowest BCUT2D eigenvalue weighted by atomic mass is 9.92. The van der Waals surface area contributed by atoms with Gasteiger partial charge < -0.3 is 5.32 Å². The summed E-state index contributed by atoms with van der Waals surface area (Å²) in [6, 6.07) is 2.06. The quantitative estimate of drug-likeness (QED) is 0.894. The molecule has 1 aromatic carbocycles. The maximum Gasteiger partial charge on any atom is 0.328 e. The molecule has 1 heterocycles. The highest BCUT2D eigenvalue weighted by molar-refractivity contribution is 6.16. The van der Waals surface area contributed by atoms with E-state index in [1.807, 2.05) is 13.8 Å². The van der Waals surface area contributed by atoms with Crippen LogP contribution in [0.2, 0.25) is 0 Å². The number of carbonyl (C=O) groups excluding carboxylic acids is 2. The molecule has 1 N–H and O–H groups in total. The molecule has 19 heavy (non-hydrogen) atoms. The average Bonchev–Trinajstić information content (AvgIpc) is 2.31. The van der Waals surface area contributed by atoms with Gasteiger partial charge in [-0.25, -0.2) is 18.5 Å². The van der Waals surface area contributed by atoms with Gasteiger partial charge in [0.15, 0.2) is 0 Å². The van der Waals surface area contributed by atoms with Crippen LogP contribution in [0.25, 0.3) is 0 Å². The summed E-state index contributed by atoms with van der Waals surface area (Å²) in [5.41, 5.74) is -0.228. The van der Waals surface area contributed by atoms with Gasteiger partial charge in [-0.3, -0.25) is 4.79 Å². The number of hydrogen-bond acceptors (Lipinski definition) is 2. The number of rotatable bonds is 2. The Morgan fingerprint density at radius 2 is 2.00 bits per heavy atom. The molecule has 102 valence electrons. The third-order valence-corrected chi connectivity index (χ3v) is 3.17. The van der Waals surface area contributed by atoms with E-state index in [0.29, 0.717) is 6.07 Å². The highest BCUT2D eigenvalue weighted by atomic mass is 19.1. The molecular formula is C13H14F2N2O2. The van der Waals surface area contributed by atoms with E-state index in [-0.39, 0.29) is 18.2 Å². The van der Waals surface area contributed by atoms with E-state index in [1.54, 1.807) is 0 Å². The molecule has 0 saturated carbocycles. The molecular weight excluding hydrogens is 254 g/mol. The van der Waals surface area contributed by atoms with Gasteiger partial charge in [-0.05, 0) is 18.1 Å². The van der Waals surface area contributed by atoms with E-state index in [1.165, 1.54) is 0 Å². The zero-order valence-electron chi connectivity index (χ0n) is 10.6. The van der Waals surface area contributed by atoms with Crippen molar-refractivity contribution in [3.05, 3.63) is 29.8 Å². The van der Waals surface area contributed by atoms with Gasteiger partial charge in [0, 0.05) is 12.6 Å². The standard InChI is InChI=1S/C13H14F2N2O2/c1-7(2)9-6-16-13(19)17(12(9)18)11-4-3-8(14)5-10(11)15/h3-5,7,9H,6H2,1-2H3,(H,16,19). The van der Waals surface area contributed by atoms with Gasteiger partial charge in [-0.2, -0.15) is 0 Å². The summed E-state index contributed by atoms with van der Waals surface area (Å²) >= 11 is 0. The molecule has 0 spiro atoms. The predicted molar refractivity (Wildman–Crippen MR) is 65.6 cm³/mol. The van der Waals surface area contributed by atoms with Crippen LogP contribution in [-0.4, -0.2) is 18.5 Å². The van der Waals surface area contributed by atoms with Gasteiger partial charge in [0.2, 0.25) is 5.91 Å². The SMILES string of the molecule is CC(C)C1CNC(=O)N(c2ccc(F)cc2F)C1=O. The average molecular weight is 268 g/mol. The summed E-state index contributed by atoms with van der Waals surface area (Å²) < 4.78 is 26.6. The van der Waals surface area contributed by atoms with Crippen molar-refractivity contribution in [2.24, 2.45) is 11.8 Å². The van der Waals surface area contributed by atoms with Crippen molar-refractivity contribution >= 4 is 17.6 Å². The van der Waals surface area contributed by atoms with Crippen LogP contribution in [-0.2, 0) is 4.79 Å². The second-order valence-electron chi connectivity index (χ2n) is 4.81. The Bertz CT molecular complexity index is 531. The van der Waals surface area contributed by atoms with Crippen molar-refractivity contribution in [3.63, 3.8) is 0 Å². The highest BCUT2D eigenvalue weighted by Crippen LogP contribution is 2.26. The van der Waals surface area contributed by atoms with Crippen LogP contribution in [0.1, 0.15) is 13.8 Å². The van der Waals surface area contributed by atoms with E-state index in [9.17, 15) is 18.4 Å². The summed E-state index contributed by atoms with van der Waals surface area (Å²) in [7, 11) is 0. The molecule has 3 amide bonds. The third kappa shape index (κ3) is 2.43. The Kier molecular flexibility index (Phi) is 3.50. The first kappa shape index (κ1) is 13.5. The van der Waals surface area contributed by atoms with Crippen molar-refractivity contribution in [2.45, 2.75) is 13.8 Å². The van der Waals surface area contributed by atoms with Crippen LogP contribution in [0.15, 0.2) is 18.2 Å². The zero-order chi connectivity index (χ0) is 14.2. The minimum Gasteiger partial charge on any atom is -0.336 e. The molecule has 1 fully saturated rings. The monoisotopic (exact) mass is 268 g/mol. The number of halogens is 2. The van der Waals surface area contributed by atoms with Gasteiger partial charge >= 0.3 is 6.03 Å². The number of nitrogens with zero attached hydrogens (tertiary/aromatic N) is 1. The maximum absolute atomic E-state index is 13.7. The van der Waals surface area contributed by atoms with Crippen LogP contribution in [0.3, 0.4) is 0 Å². The number of hydrogen-bond donors (Lipinski definition) is 1. The van der Waals surface area contributed by atoms with Crippen LogP contribution in [0.5, 0.6) is 0 Å². The van der Waals surface area contributed by atoms with Gasteiger partial charge in [0.25, 0.3) is 0 Å². The normalized spacial score (nSPS) is 19.8. The van der Waals surface area contributed by atoms with Crippen molar-refractivity contribution in [1.29, 1.82) is 0 Å². The van der Waals surface area contributed by atoms with Gasteiger partial charge in [0.1, 0.15) is 11.6 Å². The topological polar surface area (TPSA) is 49.4 Å². The van der Waals surface area contributed by atoms with E-state index in [0.717, 1.165) is 17.0 Å². The minimum absolute atomic E-state index is 0.0131. The highest BCUT2D eigenvalue weighted by Gasteiger charge is 2.37. The number of anilines is 1. The molecule has 0 radical (unpaired) electrons. The summed E-state index contributed by atoms with van der Waals surface area (Å²) in [4.78, 5) is 24.7. The fourth-order valence-electron chi connectivity index (χ4n) is 2.04. The molecule has 0 aromatic heterocycles. The second-order valence-corrected chi connectivity index (χ2v) is 4.81. The fraction of sp³-hybridized carbons (Fsp3) is 0.385. The number of amides is 3. The molecule has 2 rings (SSSR count). The number of imide groups is 1. The van der Waals surface area contributed by atoms with E-state index < -0.39 is 29.5 Å². The molecule has 1 aliphatic rings. The zero-order valence-corrected chi connectivity index (χ0v) is 10.6. The Labute approximate surface area is 109 Å². The van der Waals surface area contributed by atoms with Gasteiger partial charge in [0.05, 0.1) is 11.6 Å². The Morgan fingerprint density at radius 3 is 2.58 bits per heavy atom. The fourth-order valence-corrected chi connectivity index (χ4v) is 2.04. The first-order valence-electron chi connectivity index (χ1n) is 5.98. The molecule has 1 aliphatic heterocycles. The lowest BCUT2D eigenvalue weighted by Gasteiger charge is -2.33. The lowest BCUT2D eigenvalue weighted by Crippen LogP contribution is -2.56. The summed E-state index contributed by atoms with van der Waals surface area (Å²) in [6.07, 6.45) is 0. The minimum atomic E-state index is -0.937. The number of carbonyl (C=O) groups is 2. The van der Waals surface area contributed by atoms with Crippen molar-refractivity contribution < 1.29 is 18.4 Å². The maximum atomic E-state index is 13.7. The molecule has 1 saturated heterocycles.